The van der Waals surface area contributed by atoms with Gasteiger partial charge in [0.05, 0.1) is 5.92 Å². The summed E-state index contributed by atoms with van der Waals surface area (Å²) < 4.78 is 0. The second-order valence-corrected chi connectivity index (χ2v) is 6.99. The Balaban J connectivity index is 0.00000132. The fraction of sp³-hybridized carbons (Fsp3) is 0.562. The van der Waals surface area contributed by atoms with Crippen molar-refractivity contribution in [3.8, 4) is 0 Å². The molecule has 0 bridgehead atoms. The smallest absolute Gasteiger partial charge is 0.228 e. The van der Waals surface area contributed by atoms with E-state index in [1.54, 1.807) is 0 Å². The molecule has 0 saturated carbocycles. The van der Waals surface area contributed by atoms with Gasteiger partial charge in [-0.2, -0.15) is 11.8 Å². The molecule has 2 N–H and O–H groups in total. The lowest BCUT2D eigenvalue weighted by Crippen LogP contribution is -2.32. The van der Waals surface area contributed by atoms with Gasteiger partial charge in [-0.1, -0.05) is 12.1 Å². The van der Waals surface area contributed by atoms with E-state index < -0.39 is 0 Å². The van der Waals surface area contributed by atoms with E-state index in [9.17, 15) is 4.79 Å². The van der Waals surface area contributed by atoms with Crippen LogP contribution in [0.1, 0.15) is 12.0 Å². The summed E-state index contributed by atoms with van der Waals surface area (Å²) >= 11 is 2.03. The summed E-state index contributed by atoms with van der Waals surface area (Å²) in [6.45, 7) is 5.06. The van der Waals surface area contributed by atoms with Crippen LogP contribution >= 0.6 is 36.6 Å². The minimum Gasteiger partial charge on any atom is -0.326 e. The molecule has 2 fully saturated rings. The minimum absolute atomic E-state index is 0. The maximum absolute atomic E-state index is 12.2. The summed E-state index contributed by atoms with van der Waals surface area (Å²) in [5.74, 6) is 2.72. The summed E-state index contributed by atoms with van der Waals surface area (Å²) in [5.41, 5.74) is 2.21. The van der Waals surface area contributed by atoms with E-state index >= 15 is 0 Å². The van der Waals surface area contributed by atoms with E-state index in [1.165, 1.54) is 17.1 Å². The predicted molar refractivity (Wildman–Crippen MR) is 103 cm³/mol. The van der Waals surface area contributed by atoms with Crippen LogP contribution in [-0.2, 0) is 11.3 Å². The zero-order valence-corrected chi connectivity index (χ0v) is 15.6. The molecule has 2 aliphatic rings. The summed E-state index contributed by atoms with van der Waals surface area (Å²) in [7, 11) is 0. The van der Waals surface area contributed by atoms with Crippen molar-refractivity contribution in [2.24, 2.45) is 5.92 Å². The summed E-state index contributed by atoms with van der Waals surface area (Å²) in [6, 6.07) is 8.28. The molecule has 2 aliphatic heterocycles. The highest BCUT2D eigenvalue weighted by atomic mass is 35.5. The molecule has 0 aromatic heterocycles. The predicted octanol–water partition coefficient (Wildman–Crippen LogP) is 2.63. The Morgan fingerprint density at radius 1 is 1.30 bits per heavy atom. The number of hydrogen-bond donors (Lipinski definition) is 2. The van der Waals surface area contributed by atoms with Crippen LogP contribution in [0.25, 0.3) is 0 Å². The van der Waals surface area contributed by atoms with Crippen LogP contribution < -0.4 is 10.6 Å². The van der Waals surface area contributed by atoms with Gasteiger partial charge in [0.25, 0.3) is 0 Å². The normalized spacial score (nSPS) is 21.1. The second kappa shape index (κ2) is 10.4. The van der Waals surface area contributed by atoms with Crippen molar-refractivity contribution in [2.45, 2.75) is 13.0 Å². The fourth-order valence-corrected chi connectivity index (χ4v) is 3.87. The largest absolute Gasteiger partial charge is 0.326 e. The van der Waals surface area contributed by atoms with Gasteiger partial charge >= 0.3 is 0 Å². The fourth-order valence-electron chi connectivity index (χ4n) is 2.89. The quantitative estimate of drug-likeness (QED) is 0.846. The Labute approximate surface area is 155 Å². The summed E-state index contributed by atoms with van der Waals surface area (Å²) in [4.78, 5) is 14.6. The Bertz CT molecular complexity index is 492. The first kappa shape index (κ1) is 20.6. The van der Waals surface area contributed by atoms with Gasteiger partial charge in [0.1, 0.15) is 0 Å². The first-order valence-corrected chi connectivity index (χ1v) is 8.87. The van der Waals surface area contributed by atoms with Crippen molar-refractivity contribution in [1.82, 2.24) is 10.2 Å². The third-order valence-corrected chi connectivity index (χ3v) is 5.08. The highest BCUT2D eigenvalue weighted by Crippen LogP contribution is 2.17. The van der Waals surface area contributed by atoms with E-state index in [4.69, 9.17) is 0 Å². The van der Waals surface area contributed by atoms with Crippen LogP contribution in [0.2, 0.25) is 0 Å². The first-order chi connectivity index (χ1) is 10.3. The van der Waals surface area contributed by atoms with Gasteiger partial charge in [0.2, 0.25) is 5.91 Å². The molecular formula is C16H25Cl2N3OS. The minimum atomic E-state index is 0. The maximum Gasteiger partial charge on any atom is 0.228 e. The van der Waals surface area contributed by atoms with Gasteiger partial charge in [0, 0.05) is 43.4 Å². The molecule has 0 radical (unpaired) electrons. The molecule has 4 nitrogen and oxygen atoms in total. The van der Waals surface area contributed by atoms with Crippen LogP contribution in [0, 0.1) is 5.92 Å². The van der Waals surface area contributed by atoms with Crippen LogP contribution in [0.4, 0.5) is 5.69 Å². The van der Waals surface area contributed by atoms with Gasteiger partial charge in [-0.15, -0.1) is 24.8 Å². The number of rotatable bonds is 4. The molecule has 0 spiro atoms. The Morgan fingerprint density at radius 3 is 2.78 bits per heavy atom. The van der Waals surface area contributed by atoms with Crippen molar-refractivity contribution in [1.29, 1.82) is 0 Å². The third kappa shape index (κ3) is 6.16. The number of nitrogens with zero attached hydrogens (tertiary/aromatic N) is 1. The number of hydrogen-bond acceptors (Lipinski definition) is 4. The summed E-state index contributed by atoms with van der Waals surface area (Å²) in [6.07, 6.45) is 0.941. The zero-order valence-electron chi connectivity index (χ0n) is 13.1. The highest BCUT2D eigenvalue weighted by molar-refractivity contribution is 7.99. The van der Waals surface area contributed by atoms with E-state index in [-0.39, 0.29) is 36.6 Å². The number of nitrogens with one attached hydrogen (secondary N) is 2. The van der Waals surface area contributed by atoms with Gasteiger partial charge in [0.15, 0.2) is 0 Å². The van der Waals surface area contributed by atoms with Gasteiger partial charge in [-0.3, -0.25) is 9.69 Å². The van der Waals surface area contributed by atoms with Gasteiger partial charge < -0.3 is 10.6 Å². The number of thioether (sulfide) groups is 1. The van der Waals surface area contributed by atoms with Crippen LogP contribution in [0.5, 0.6) is 0 Å². The van der Waals surface area contributed by atoms with Gasteiger partial charge in [-0.25, -0.2) is 0 Å². The molecule has 130 valence electrons. The van der Waals surface area contributed by atoms with E-state index in [0.717, 1.165) is 44.8 Å². The zero-order chi connectivity index (χ0) is 14.5. The standard InChI is InChI=1S/C16H23N3OS.2ClH/c20-16(14-4-5-17-11-14)18-15-3-1-2-13(10-15)12-19-6-8-21-9-7-19;;/h1-3,10,14,17H,4-9,11-12H2,(H,18,20);2*1H. The molecule has 3 rings (SSSR count). The monoisotopic (exact) mass is 377 g/mol. The maximum atomic E-state index is 12.2. The second-order valence-electron chi connectivity index (χ2n) is 5.77. The Morgan fingerprint density at radius 2 is 2.09 bits per heavy atom. The molecule has 1 aromatic carbocycles. The van der Waals surface area contributed by atoms with E-state index in [0.29, 0.717) is 0 Å². The molecular weight excluding hydrogens is 353 g/mol. The molecule has 2 heterocycles. The number of anilines is 1. The van der Waals surface area contributed by atoms with E-state index in [1.807, 2.05) is 23.9 Å². The lowest BCUT2D eigenvalue weighted by atomic mass is 10.1. The molecule has 0 aliphatic carbocycles. The number of carbonyl (C=O) groups excluding carboxylic acids is 1. The third-order valence-electron chi connectivity index (χ3n) is 4.14. The van der Waals surface area contributed by atoms with E-state index in [2.05, 4.69) is 27.7 Å². The van der Waals surface area contributed by atoms with Crippen LogP contribution in [-0.4, -0.2) is 48.5 Å². The lowest BCUT2D eigenvalue weighted by Gasteiger charge is -2.26. The average molecular weight is 378 g/mol. The molecule has 2 saturated heterocycles. The number of benzene rings is 1. The van der Waals surface area contributed by atoms with Gasteiger partial charge in [-0.05, 0) is 30.7 Å². The van der Waals surface area contributed by atoms with Crippen LogP contribution in [0.15, 0.2) is 24.3 Å². The molecule has 1 atom stereocenters. The Kier molecular flexibility index (Phi) is 9.32. The van der Waals surface area contributed by atoms with Crippen molar-refractivity contribution in [3.05, 3.63) is 29.8 Å². The van der Waals surface area contributed by atoms with Crippen molar-refractivity contribution >= 4 is 48.2 Å². The molecule has 1 aromatic rings. The number of halogens is 2. The lowest BCUT2D eigenvalue weighted by molar-refractivity contribution is -0.119. The summed E-state index contributed by atoms with van der Waals surface area (Å²) in [5, 5.41) is 6.30. The van der Waals surface area contributed by atoms with Crippen LogP contribution in [0.3, 0.4) is 0 Å². The molecule has 1 amide bonds. The highest BCUT2D eigenvalue weighted by Gasteiger charge is 2.22. The molecule has 1 unspecified atom stereocenters. The average Bonchev–Trinajstić information content (AvgIpc) is 3.03. The molecule has 23 heavy (non-hydrogen) atoms. The van der Waals surface area contributed by atoms with Crippen molar-refractivity contribution in [2.75, 3.05) is 43.0 Å². The molecule has 7 heteroatoms. The topological polar surface area (TPSA) is 44.4 Å². The Hall–Kier alpha value is -0.460. The SMILES string of the molecule is Cl.Cl.O=C(Nc1cccc(CN2CCSCC2)c1)C1CCNC1. The first-order valence-electron chi connectivity index (χ1n) is 7.72. The number of carbonyl (C=O) groups is 1. The van der Waals surface area contributed by atoms with Crippen molar-refractivity contribution < 1.29 is 4.79 Å². The van der Waals surface area contributed by atoms with Crippen molar-refractivity contribution in [3.63, 3.8) is 0 Å². The number of amides is 1.